The number of non-ortho nitro benzene ring substituents is 1. The molecular weight excluding hydrogens is 532 g/mol. The maximum atomic E-state index is 13.0. The molecule has 0 radical (unpaired) electrons. The van der Waals surface area contributed by atoms with Crippen LogP contribution >= 0.6 is 23.7 Å². The fourth-order valence-electron chi connectivity index (χ4n) is 4.41. The highest BCUT2D eigenvalue weighted by Crippen LogP contribution is 2.34. The molecule has 0 spiro atoms. The van der Waals surface area contributed by atoms with Crippen LogP contribution in [0.2, 0.25) is 0 Å². The third kappa shape index (κ3) is 4.89. The molecule has 9 nitrogen and oxygen atoms in total. The number of thioether (sulfide) groups is 1. The van der Waals surface area contributed by atoms with Gasteiger partial charge in [-0.1, -0.05) is 72.4 Å². The van der Waals surface area contributed by atoms with Gasteiger partial charge in [-0.15, -0.1) is 0 Å². The first-order valence-corrected chi connectivity index (χ1v) is 13.7. The quantitative estimate of drug-likeness (QED) is 0.134. The number of hydrogen-bond donors (Lipinski definition) is 1. The molecule has 39 heavy (non-hydrogen) atoms. The van der Waals surface area contributed by atoms with Crippen molar-refractivity contribution in [1.82, 2.24) is 9.47 Å². The minimum absolute atomic E-state index is 0.0423. The second-order valence-corrected chi connectivity index (χ2v) is 10.5. The molecule has 0 saturated heterocycles. The molecule has 0 bridgehead atoms. The summed E-state index contributed by atoms with van der Waals surface area (Å²) in [6, 6.07) is 24.3. The number of para-hydroxylation sites is 1. The number of amides is 1. The van der Waals surface area contributed by atoms with E-state index in [0.29, 0.717) is 22.6 Å². The highest BCUT2D eigenvalue weighted by atomic mass is 32.2. The zero-order chi connectivity index (χ0) is 26.9. The number of nitrogens with one attached hydrogen (secondary N) is 1. The van der Waals surface area contributed by atoms with Gasteiger partial charge < -0.3 is 4.57 Å². The van der Waals surface area contributed by atoms with E-state index in [2.05, 4.69) is 9.39 Å². The van der Waals surface area contributed by atoms with Gasteiger partial charge in [-0.05, 0) is 23.3 Å². The number of nitro groups is 1. The Hall–Kier alpha value is -4.48. The summed E-state index contributed by atoms with van der Waals surface area (Å²) >= 11 is 2.60. The number of aromatic nitrogens is 1. The summed E-state index contributed by atoms with van der Waals surface area (Å²) in [4.78, 5) is 29.4. The van der Waals surface area contributed by atoms with E-state index in [4.69, 9.17) is 5.41 Å². The summed E-state index contributed by atoms with van der Waals surface area (Å²) in [5.74, 6) is 0.248. The fraction of sp³-hybridized carbons (Fsp3) is 0.0714. The van der Waals surface area contributed by atoms with Crippen LogP contribution < -0.4 is 0 Å². The molecule has 2 aliphatic rings. The molecule has 0 aliphatic carbocycles. The Bertz CT molecular complexity index is 1730. The van der Waals surface area contributed by atoms with Gasteiger partial charge in [-0.2, -0.15) is 9.39 Å². The zero-order valence-corrected chi connectivity index (χ0v) is 22.0. The molecular formula is C28H20N6O3S2. The van der Waals surface area contributed by atoms with Crippen molar-refractivity contribution < 1.29 is 9.72 Å². The Morgan fingerprint density at radius 3 is 2.51 bits per heavy atom. The lowest BCUT2D eigenvalue weighted by Gasteiger charge is -2.24. The van der Waals surface area contributed by atoms with E-state index in [9.17, 15) is 14.9 Å². The lowest BCUT2D eigenvalue weighted by molar-refractivity contribution is -0.384. The molecule has 1 amide bonds. The van der Waals surface area contributed by atoms with Crippen molar-refractivity contribution in [2.75, 3.05) is 0 Å². The summed E-state index contributed by atoms with van der Waals surface area (Å²) in [5, 5.41) is 21.8. The number of fused-ring (bicyclic) bond motifs is 2. The van der Waals surface area contributed by atoms with Crippen molar-refractivity contribution >= 4 is 68.5 Å². The van der Waals surface area contributed by atoms with Gasteiger partial charge in [0.1, 0.15) is 5.84 Å². The monoisotopic (exact) mass is 552 g/mol. The van der Waals surface area contributed by atoms with E-state index in [1.54, 1.807) is 23.1 Å². The summed E-state index contributed by atoms with van der Waals surface area (Å²) in [5.41, 5.74) is 3.99. The van der Waals surface area contributed by atoms with Crippen molar-refractivity contribution in [3.05, 3.63) is 117 Å². The van der Waals surface area contributed by atoms with Gasteiger partial charge in [0.25, 0.3) is 11.6 Å². The van der Waals surface area contributed by atoms with Crippen LogP contribution in [0.1, 0.15) is 16.7 Å². The molecule has 0 saturated carbocycles. The molecule has 4 aromatic rings. The first-order chi connectivity index (χ1) is 19.0. The number of carbonyl (C=O) groups is 1. The van der Waals surface area contributed by atoms with E-state index in [1.807, 2.05) is 65.4 Å². The third-order valence-corrected chi connectivity index (χ3v) is 8.15. The van der Waals surface area contributed by atoms with Gasteiger partial charge in [0, 0.05) is 47.1 Å². The van der Waals surface area contributed by atoms with Crippen LogP contribution in [0.15, 0.2) is 100 Å². The topological polar surface area (TPSA) is 117 Å². The number of benzene rings is 3. The first kappa shape index (κ1) is 24.8. The fourth-order valence-corrected chi connectivity index (χ4v) is 6.21. The van der Waals surface area contributed by atoms with Crippen molar-refractivity contribution in [2.45, 2.75) is 12.3 Å². The van der Waals surface area contributed by atoms with Crippen molar-refractivity contribution in [2.24, 2.45) is 9.39 Å². The Labute approximate surface area is 231 Å². The van der Waals surface area contributed by atoms with Crippen LogP contribution in [0.4, 0.5) is 5.69 Å². The van der Waals surface area contributed by atoms with E-state index < -0.39 is 10.8 Å². The Balaban J connectivity index is 1.30. The van der Waals surface area contributed by atoms with Crippen molar-refractivity contribution in [3.8, 4) is 0 Å². The lowest BCUT2D eigenvalue weighted by atomic mass is 10.1. The van der Waals surface area contributed by atoms with Gasteiger partial charge in [-0.25, -0.2) is 4.90 Å². The van der Waals surface area contributed by atoms with Crippen molar-refractivity contribution in [1.29, 1.82) is 5.41 Å². The SMILES string of the molecule is N=C1/C(=C/c2cn(Cc3ccc([N+](=O)[O-])cc3)c3ccccc23)C(=O)N=C2SN=C(SCc3ccccc3)N12. The van der Waals surface area contributed by atoms with Crippen LogP contribution in [0, 0.1) is 15.5 Å². The molecule has 3 aromatic carbocycles. The number of aliphatic imine (C=N–C) groups is 1. The lowest BCUT2D eigenvalue weighted by Crippen LogP contribution is -2.41. The standard InChI is InChI=1S/C28H20N6O3S2/c29-25-23(26(35)30-27-33(25)28(31-39-27)38-17-19-6-2-1-3-7-19)14-20-16-32(24-9-5-4-8-22(20)24)15-18-10-12-21(13-11-18)34(36)37/h1-14,16,29H,15,17H2/b23-14-,29-25?. The highest BCUT2D eigenvalue weighted by Gasteiger charge is 2.37. The van der Waals surface area contributed by atoms with Gasteiger partial charge >= 0.3 is 0 Å². The molecule has 11 heteroatoms. The largest absolute Gasteiger partial charge is 0.342 e. The van der Waals surface area contributed by atoms with Gasteiger partial charge in [-0.3, -0.25) is 20.3 Å². The Morgan fingerprint density at radius 1 is 1.00 bits per heavy atom. The number of amidine groups is 3. The van der Waals surface area contributed by atoms with Crippen LogP contribution in [0.5, 0.6) is 0 Å². The van der Waals surface area contributed by atoms with E-state index in [1.165, 1.54) is 23.9 Å². The van der Waals surface area contributed by atoms with E-state index >= 15 is 0 Å². The van der Waals surface area contributed by atoms with Crippen LogP contribution in [0.3, 0.4) is 0 Å². The smallest absolute Gasteiger partial charge is 0.283 e. The molecule has 2 aliphatic heterocycles. The molecule has 1 aromatic heterocycles. The third-order valence-electron chi connectivity index (χ3n) is 6.32. The molecule has 1 N–H and O–H groups in total. The summed E-state index contributed by atoms with van der Waals surface area (Å²) in [7, 11) is 0. The average Bonchev–Trinajstić information content (AvgIpc) is 3.52. The van der Waals surface area contributed by atoms with Crippen LogP contribution in [-0.4, -0.2) is 36.5 Å². The van der Waals surface area contributed by atoms with Crippen LogP contribution in [-0.2, 0) is 17.1 Å². The number of rotatable bonds is 6. The molecule has 0 atom stereocenters. The molecule has 0 fully saturated rings. The zero-order valence-electron chi connectivity index (χ0n) is 20.4. The number of hydrogen-bond acceptors (Lipinski definition) is 7. The second kappa shape index (κ2) is 10.4. The van der Waals surface area contributed by atoms with E-state index in [-0.39, 0.29) is 17.1 Å². The Morgan fingerprint density at radius 2 is 1.74 bits per heavy atom. The van der Waals surface area contributed by atoms with Crippen LogP contribution in [0.25, 0.3) is 17.0 Å². The summed E-state index contributed by atoms with van der Waals surface area (Å²) in [6.45, 7) is 0.491. The average molecular weight is 553 g/mol. The first-order valence-electron chi connectivity index (χ1n) is 11.9. The predicted molar refractivity (Wildman–Crippen MR) is 157 cm³/mol. The molecule has 3 heterocycles. The normalized spacial score (nSPS) is 16.0. The Kier molecular flexibility index (Phi) is 6.59. The number of nitro benzene ring substituents is 1. The maximum absolute atomic E-state index is 13.0. The second-order valence-electron chi connectivity index (χ2n) is 8.83. The number of nitrogens with zero attached hydrogens (tertiary/aromatic N) is 5. The highest BCUT2D eigenvalue weighted by molar-refractivity contribution is 8.18. The van der Waals surface area contributed by atoms with Gasteiger partial charge in [0.15, 0.2) is 5.17 Å². The predicted octanol–water partition coefficient (Wildman–Crippen LogP) is 6.11. The van der Waals surface area contributed by atoms with Crippen molar-refractivity contribution in [3.63, 3.8) is 0 Å². The molecule has 192 valence electrons. The summed E-state index contributed by atoms with van der Waals surface area (Å²) < 4.78 is 6.50. The van der Waals surface area contributed by atoms with Gasteiger partial charge in [0.2, 0.25) is 5.17 Å². The minimum Gasteiger partial charge on any atom is -0.342 e. The van der Waals surface area contributed by atoms with E-state index in [0.717, 1.165) is 39.5 Å². The molecule has 0 unspecified atom stereocenters. The maximum Gasteiger partial charge on any atom is 0.283 e. The minimum atomic E-state index is -0.476. The molecule has 6 rings (SSSR count). The summed E-state index contributed by atoms with van der Waals surface area (Å²) in [6.07, 6.45) is 3.64. The number of carbonyl (C=O) groups excluding carboxylic acids is 1. The van der Waals surface area contributed by atoms with Gasteiger partial charge in [0.05, 0.1) is 22.4 Å².